The Kier molecular flexibility index (Phi) is 5.78. The Labute approximate surface area is 150 Å². The van der Waals surface area contributed by atoms with Gasteiger partial charge in [0.2, 0.25) is 0 Å². The summed E-state index contributed by atoms with van der Waals surface area (Å²) in [5.41, 5.74) is 5.05. The lowest BCUT2D eigenvalue weighted by atomic mass is 9.96. The molecule has 0 aliphatic heterocycles. The third kappa shape index (κ3) is 4.45. The van der Waals surface area contributed by atoms with Crippen molar-refractivity contribution in [1.29, 1.82) is 0 Å². The Morgan fingerprint density at radius 1 is 0.958 bits per heavy atom. The SMILES string of the molecule is Cc1cc(C)c([C@H](C)NC(=O)C(=O)Nc2cccc(Br)c2)cc1C. The molecule has 2 N–H and O–H groups in total. The molecule has 0 aromatic heterocycles. The summed E-state index contributed by atoms with van der Waals surface area (Å²) in [5, 5.41) is 5.35. The van der Waals surface area contributed by atoms with E-state index in [2.05, 4.69) is 45.6 Å². The number of anilines is 1. The van der Waals surface area contributed by atoms with Crippen molar-refractivity contribution in [2.45, 2.75) is 33.7 Å². The molecule has 0 heterocycles. The van der Waals surface area contributed by atoms with E-state index in [0.29, 0.717) is 5.69 Å². The Morgan fingerprint density at radius 3 is 2.29 bits per heavy atom. The van der Waals surface area contributed by atoms with Crippen LogP contribution in [0.2, 0.25) is 0 Å². The molecule has 24 heavy (non-hydrogen) atoms. The first-order valence-electron chi connectivity index (χ1n) is 7.73. The Balaban J connectivity index is 2.06. The third-order valence-electron chi connectivity index (χ3n) is 3.99. The molecular weight excluding hydrogens is 368 g/mol. The van der Waals surface area contributed by atoms with E-state index < -0.39 is 11.8 Å². The number of hydrogen-bond acceptors (Lipinski definition) is 2. The zero-order chi connectivity index (χ0) is 17.9. The summed E-state index contributed by atoms with van der Waals surface area (Å²) < 4.78 is 0.833. The zero-order valence-corrected chi connectivity index (χ0v) is 15.8. The summed E-state index contributed by atoms with van der Waals surface area (Å²) in [6.45, 7) is 7.97. The van der Waals surface area contributed by atoms with Crippen LogP contribution < -0.4 is 10.6 Å². The number of aryl methyl sites for hydroxylation is 3. The third-order valence-corrected chi connectivity index (χ3v) is 4.48. The van der Waals surface area contributed by atoms with Crippen LogP contribution in [0, 0.1) is 20.8 Å². The Bertz CT molecular complexity index is 787. The minimum absolute atomic E-state index is 0.245. The smallest absolute Gasteiger partial charge is 0.313 e. The van der Waals surface area contributed by atoms with E-state index in [-0.39, 0.29) is 6.04 Å². The van der Waals surface area contributed by atoms with Crippen molar-refractivity contribution >= 4 is 33.4 Å². The van der Waals surface area contributed by atoms with E-state index in [4.69, 9.17) is 0 Å². The van der Waals surface area contributed by atoms with Gasteiger partial charge in [0, 0.05) is 10.2 Å². The minimum Gasteiger partial charge on any atom is -0.341 e. The molecule has 2 aromatic rings. The predicted molar refractivity (Wildman–Crippen MR) is 100.0 cm³/mol. The van der Waals surface area contributed by atoms with E-state index in [1.54, 1.807) is 18.2 Å². The fourth-order valence-electron chi connectivity index (χ4n) is 2.54. The van der Waals surface area contributed by atoms with Crippen molar-refractivity contribution in [3.63, 3.8) is 0 Å². The highest BCUT2D eigenvalue weighted by molar-refractivity contribution is 9.10. The molecule has 0 unspecified atom stereocenters. The maximum Gasteiger partial charge on any atom is 0.313 e. The van der Waals surface area contributed by atoms with Crippen LogP contribution in [0.1, 0.15) is 35.2 Å². The van der Waals surface area contributed by atoms with E-state index in [9.17, 15) is 9.59 Å². The molecule has 0 aliphatic rings. The number of nitrogens with one attached hydrogen (secondary N) is 2. The van der Waals surface area contributed by atoms with Gasteiger partial charge >= 0.3 is 11.8 Å². The minimum atomic E-state index is -0.679. The molecule has 2 aromatic carbocycles. The summed E-state index contributed by atoms with van der Waals surface area (Å²) in [4.78, 5) is 24.2. The molecule has 0 radical (unpaired) electrons. The normalized spacial score (nSPS) is 11.7. The molecule has 126 valence electrons. The summed E-state index contributed by atoms with van der Waals surface area (Å²) in [6, 6.07) is 11.0. The topological polar surface area (TPSA) is 58.2 Å². The quantitative estimate of drug-likeness (QED) is 0.774. The maximum atomic E-state index is 12.1. The number of carbonyl (C=O) groups excluding carboxylic acids is 2. The van der Waals surface area contributed by atoms with Gasteiger partial charge in [0.1, 0.15) is 0 Å². The number of hydrogen-bond donors (Lipinski definition) is 2. The molecule has 5 heteroatoms. The first-order chi connectivity index (χ1) is 11.3. The van der Waals surface area contributed by atoms with E-state index in [0.717, 1.165) is 21.2 Å². The molecule has 1 atom stereocenters. The van der Waals surface area contributed by atoms with Crippen LogP contribution in [0.25, 0.3) is 0 Å². The standard InChI is InChI=1S/C19H21BrN2O2/c1-11-8-13(3)17(9-12(11)2)14(4)21-18(23)19(24)22-16-7-5-6-15(20)10-16/h5-10,14H,1-4H3,(H,21,23)(H,22,24)/t14-/m0/s1. The predicted octanol–water partition coefficient (Wildman–Crippen LogP) is 4.19. The lowest BCUT2D eigenvalue weighted by molar-refractivity contribution is -0.136. The maximum absolute atomic E-state index is 12.1. The van der Waals surface area contributed by atoms with Crippen LogP contribution in [0.5, 0.6) is 0 Å². The lowest BCUT2D eigenvalue weighted by Gasteiger charge is -2.18. The summed E-state index contributed by atoms with van der Waals surface area (Å²) >= 11 is 3.33. The van der Waals surface area contributed by atoms with Crippen LogP contribution in [-0.2, 0) is 9.59 Å². The van der Waals surface area contributed by atoms with Crippen molar-refractivity contribution in [2.24, 2.45) is 0 Å². The highest BCUT2D eigenvalue weighted by Crippen LogP contribution is 2.21. The van der Waals surface area contributed by atoms with Gasteiger partial charge < -0.3 is 10.6 Å². The first kappa shape index (κ1) is 18.2. The lowest BCUT2D eigenvalue weighted by Crippen LogP contribution is -2.37. The van der Waals surface area contributed by atoms with Gasteiger partial charge in [-0.1, -0.05) is 34.1 Å². The molecule has 0 bridgehead atoms. The van der Waals surface area contributed by atoms with Gasteiger partial charge in [0.05, 0.1) is 6.04 Å². The number of benzene rings is 2. The Hall–Kier alpha value is -2.14. The van der Waals surface area contributed by atoms with E-state index in [1.807, 2.05) is 26.8 Å². The van der Waals surface area contributed by atoms with Gasteiger partial charge in [-0.3, -0.25) is 9.59 Å². The van der Waals surface area contributed by atoms with Crippen molar-refractivity contribution in [3.8, 4) is 0 Å². The molecular formula is C19H21BrN2O2. The molecule has 0 fully saturated rings. The molecule has 2 rings (SSSR count). The second kappa shape index (κ2) is 7.62. The monoisotopic (exact) mass is 388 g/mol. The van der Waals surface area contributed by atoms with E-state index in [1.165, 1.54) is 5.56 Å². The largest absolute Gasteiger partial charge is 0.341 e. The van der Waals surface area contributed by atoms with Crippen LogP contribution in [-0.4, -0.2) is 11.8 Å². The fourth-order valence-corrected chi connectivity index (χ4v) is 2.94. The average molecular weight is 389 g/mol. The Morgan fingerprint density at radius 2 is 1.62 bits per heavy atom. The van der Waals surface area contributed by atoms with Gasteiger partial charge in [-0.25, -0.2) is 0 Å². The number of carbonyl (C=O) groups is 2. The van der Waals surface area contributed by atoms with Crippen molar-refractivity contribution in [2.75, 3.05) is 5.32 Å². The second-order valence-electron chi connectivity index (χ2n) is 5.95. The zero-order valence-electron chi connectivity index (χ0n) is 14.2. The highest BCUT2D eigenvalue weighted by atomic mass is 79.9. The molecule has 0 aliphatic carbocycles. The molecule has 0 saturated heterocycles. The fraction of sp³-hybridized carbons (Fsp3) is 0.263. The molecule has 4 nitrogen and oxygen atoms in total. The first-order valence-corrected chi connectivity index (χ1v) is 8.52. The number of rotatable bonds is 3. The second-order valence-corrected chi connectivity index (χ2v) is 6.87. The molecule has 2 amide bonds. The van der Waals surface area contributed by atoms with Gasteiger partial charge in [-0.05, 0) is 68.1 Å². The number of halogens is 1. The van der Waals surface area contributed by atoms with Crippen LogP contribution in [0.15, 0.2) is 40.9 Å². The summed E-state index contributed by atoms with van der Waals surface area (Å²) in [5.74, 6) is -1.33. The summed E-state index contributed by atoms with van der Waals surface area (Å²) in [6.07, 6.45) is 0. The average Bonchev–Trinajstić information content (AvgIpc) is 2.50. The van der Waals surface area contributed by atoms with Crippen LogP contribution in [0.3, 0.4) is 0 Å². The van der Waals surface area contributed by atoms with Gasteiger partial charge in [-0.2, -0.15) is 0 Å². The summed E-state index contributed by atoms with van der Waals surface area (Å²) in [7, 11) is 0. The van der Waals surface area contributed by atoms with Crippen molar-refractivity contribution < 1.29 is 9.59 Å². The number of amides is 2. The molecule has 0 saturated carbocycles. The van der Waals surface area contributed by atoms with Crippen LogP contribution >= 0.6 is 15.9 Å². The molecule has 0 spiro atoms. The highest BCUT2D eigenvalue weighted by Gasteiger charge is 2.18. The van der Waals surface area contributed by atoms with Gasteiger partial charge in [-0.15, -0.1) is 0 Å². The van der Waals surface area contributed by atoms with Crippen molar-refractivity contribution in [3.05, 3.63) is 63.1 Å². The van der Waals surface area contributed by atoms with Crippen LogP contribution in [0.4, 0.5) is 5.69 Å². The van der Waals surface area contributed by atoms with Crippen molar-refractivity contribution in [1.82, 2.24) is 5.32 Å². The van der Waals surface area contributed by atoms with Gasteiger partial charge in [0.25, 0.3) is 0 Å². The van der Waals surface area contributed by atoms with Gasteiger partial charge in [0.15, 0.2) is 0 Å². The van der Waals surface area contributed by atoms with E-state index >= 15 is 0 Å².